The molecule has 0 spiro atoms. The molecule has 0 amide bonds. The summed E-state index contributed by atoms with van der Waals surface area (Å²) in [5.41, 5.74) is 15.6. The Hall–Kier alpha value is -3.22. The fourth-order valence-corrected chi connectivity index (χ4v) is 34.8. The number of hydrogen-bond donors (Lipinski definition) is 0. The van der Waals surface area contributed by atoms with Crippen LogP contribution in [-0.4, -0.2) is 0 Å². The third-order valence-corrected chi connectivity index (χ3v) is 30.3. The molecule has 0 N–H and O–H groups in total. The molecule has 0 nitrogen and oxygen atoms in total. The van der Waals surface area contributed by atoms with Crippen LogP contribution in [0.2, 0.25) is 7.25 Å². The molecule has 10 rings (SSSR count). The molecule has 0 radical (unpaired) electrons. The molecular formula is C48H44Cl2Zr. The van der Waals surface area contributed by atoms with E-state index in [0.717, 1.165) is 20.1 Å². The molecule has 1 saturated carbocycles. The average molecular weight is 783 g/mol. The number of rotatable bonds is 6. The van der Waals surface area contributed by atoms with Crippen LogP contribution in [0.5, 0.6) is 0 Å². The summed E-state index contributed by atoms with van der Waals surface area (Å²) in [6, 6.07) is 46.4. The van der Waals surface area contributed by atoms with E-state index in [2.05, 4.69) is 147 Å². The summed E-state index contributed by atoms with van der Waals surface area (Å²) >= 11 is -3.06. The zero-order valence-electron chi connectivity index (χ0n) is 29.5. The second-order valence-electron chi connectivity index (χ2n) is 15.2. The summed E-state index contributed by atoms with van der Waals surface area (Å²) in [7, 11) is 0. The Morgan fingerprint density at radius 3 is 1.31 bits per heavy atom. The zero-order chi connectivity index (χ0) is 32.7. The second kappa shape index (κ2) is 13.6. The maximum atomic E-state index is 2.69. The topological polar surface area (TPSA) is 0 Å². The van der Waals surface area contributed by atoms with E-state index in [9.17, 15) is 0 Å². The van der Waals surface area contributed by atoms with Crippen LogP contribution in [0.15, 0.2) is 132 Å². The van der Waals surface area contributed by atoms with Gasteiger partial charge in [-0.1, -0.05) is 0 Å². The van der Waals surface area contributed by atoms with Crippen LogP contribution in [0.25, 0.3) is 56.0 Å². The van der Waals surface area contributed by atoms with Crippen molar-refractivity contribution in [2.75, 3.05) is 0 Å². The van der Waals surface area contributed by atoms with E-state index in [-0.39, 0.29) is 24.8 Å². The minimum Gasteiger partial charge on any atom is -1.00 e. The van der Waals surface area contributed by atoms with E-state index in [1.165, 1.54) is 80.6 Å². The molecule has 51 heavy (non-hydrogen) atoms. The van der Waals surface area contributed by atoms with E-state index in [1.54, 1.807) is 22.3 Å². The molecule has 1 heterocycles. The van der Waals surface area contributed by atoms with Gasteiger partial charge in [0.15, 0.2) is 0 Å². The molecular weight excluding hydrogens is 739 g/mol. The molecule has 3 heteroatoms. The summed E-state index contributed by atoms with van der Waals surface area (Å²) in [5, 5.41) is 5.40. The van der Waals surface area contributed by atoms with E-state index >= 15 is 0 Å². The third kappa shape index (κ3) is 5.09. The predicted molar refractivity (Wildman–Crippen MR) is 207 cm³/mol. The van der Waals surface area contributed by atoms with E-state index in [0.29, 0.717) is 7.25 Å². The Morgan fingerprint density at radius 1 is 0.471 bits per heavy atom. The van der Waals surface area contributed by atoms with Gasteiger partial charge < -0.3 is 24.8 Å². The number of allylic oxidation sites excluding steroid dienone is 2. The van der Waals surface area contributed by atoms with Crippen molar-refractivity contribution in [3.05, 3.63) is 155 Å². The normalized spacial score (nSPS) is 22.9. The predicted octanol–water partition coefficient (Wildman–Crippen LogP) is 8.05. The van der Waals surface area contributed by atoms with Gasteiger partial charge in [0.1, 0.15) is 0 Å². The number of hydrogen-bond acceptors (Lipinski definition) is 0. The van der Waals surface area contributed by atoms with Gasteiger partial charge in [0.2, 0.25) is 0 Å². The standard InChI is InChI=1S/2C21H17.C6H10.2ClH.Zr/c2*1-2-15-13-17-9-6-12-20(21(17)14-15)19-11-5-8-16-7-3-4-10-18(16)19;1-2-4-6-5-3-1;;;/h2*3-14H,2H2,1H3;1-2H,3-6H2;2*1H;/q;;;;;+2/p-2. The van der Waals surface area contributed by atoms with Crippen LogP contribution in [0.1, 0.15) is 81.9 Å². The van der Waals surface area contributed by atoms with Crippen molar-refractivity contribution in [2.45, 2.75) is 66.9 Å². The van der Waals surface area contributed by atoms with Crippen LogP contribution in [0, 0.1) is 0 Å². The number of benzene rings is 6. The van der Waals surface area contributed by atoms with Gasteiger partial charge in [0.25, 0.3) is 0 Å². The fourth-order valence-electron chi connectivity index (χ4n) is 11.4. The van der Waals surface area contributed by atoms with Crippen LogP contribution >= 0.6 is 0 Å². The maximum absolute atomic E-state index is 3.06. The second-order valence-corrected chi connectivity index (χ2v) is 26.6. The Morgan fingerprint density at radius 2 is 0.863 bits per heavy atom. The van der Waals surface area contributed by atoms with Gasteiger partial charge in [-0.2, -0.15) is 0 Å². The molecule has 0 aromatic heterocycles. The molecule has 3 aliphatic carbocycles. The summed E-state index contributed by atoms with van der Waals surface area (Å²) in [4.78, 5) is 0. The molecule has 4 atom stereocenters. The van der Waals surface area contributed by atoms with Gasteiger partial charge >= 0.3 is 298 Å². The summed E-state index contributed by atoms with van der Waals surface area (Å²) in [6.07, 6.45) is 13.5. The van der Waals surface area contributed by atoms with Gasteiger partial charge in [-0.3, -0.25) is 0 Å². The third-order valence-electron chi connectivity index (χ3n) is 13.2. The number of halogens is 2. The first-order valence-corrected chi connectivity index (χ1v) is 24.5. The molecule has 4 aliphatic rings. The largest absolute Gasteiger partial charge is 1.00 e. The van der Waals surface area contributed by atoms with Gasteiger partial charge in [-0.05, 0) is 0 Å². The van der Waals surface area contributed by atoms with Crippen molar-refractivity contribution in [3.8, 4) is 22.3 Å². The van der Waals surface area contributed by atoms with Gasteiger partial charge in [-0.15, -0.1) is 0 Å². The average Bonchev–Trinajstić information content (AvgIpc) is 3.43. The quantitative estimate of drug-likeness (QED) is 0.161. The van der Waals surface area contributed by atoms with Crippen LogP contribution in [-0.2, 0) is 20.3 Å². The van der Waals surface area contributed by atoms with Crippen LogP contribution in [0.4, 0.5) is 0 Å². The van der Waals surface area contributed by atoms with Crippen molar-refractivity contribution in [3.63, 3.8) is 0 Å². The summed E-state index contributed by atoms with van der Waals surface area (Å²) in [6.45, 7) is 4.90. The monoisotopic (exact) mass is 780 g/mol. The smallest absolute Gasteiger partial charge is 1.00 e. The minimum absolute atomic E-state index is 0. The summed E-state index contributed by atoms with van der Waals surface area (Å²) < 4.78 is 3.32. The van der Waals surface area contributed by atoms with Crippen LogP contribution < -0.4 is 24.8 Å². The molecule has 6 aromatic carbocycles. The van der Waals surface area contributed by atoms with Crippen molar-refractivity contribution in [2.24, 2.45) is 0 Å². The minimum atomic E-state index is -3.06. The Kier molecular flexibility index (Phi) is 9.32. The van der Waals surface area contributed by atoms with Gasteiger partial charge in [0.05, 0.1) is 0 Å². The van der Waals surface area contributed by atoms with E-state index in [1.807, 2.05) is 0 Å². The molecule has 1 saturated heterocycles. The number of fused-ring (bicyclic) bond motifs is 5. The van der Waals surface area contributed by atoms with E-state index < -0.39 is 20.3 Å². The van der Waals surface area contributed by atoms with Gasteiger partial charge in [0, 0.05) is 0 Å². The SMILES string of the molecule is CCC1=Cc2c(-c3cccc4ccccc34)cccc2[CH]1[Zr+2]1([CH]2C(CC)=Cc3c(-c4cccc5ccccc45)cccc32)[CH]2CCCC[CH]21.[Cl-].[Cl-]. The summed E-state index contributed by atoms with van der Waals surface area (Å²) in [5.74, 6) is 0. The van der Waals surface area contributed by atoms with Crippen molar-refractivity contribution in [1.29, 1.82) is 0 Å². The van der Waals surface area contributed by atoms with Crippen molar-refractivity contribution >= 4 is 33.7 Å². The molecule has 1 aliphatic heterocycles. The van der Waals surface area contributed by atoms with E-state index in [4.69, 9.17) is 0 Å². The molecule has 0 bridgehead atoms. The Balaban J connectivity index is 0.00000187. The van der Waals surface area contributed by atoms with Gasteiger partial charge in [-0.25, -0.2) is 0 Å². The molecule has 6 aromatic rings. The van der Waals surface area contributed by atoms with Crippen LogP contribution in [0.3, 0.4) is 0 Å². The van der Waals surface area contributed by atoms with Crippen molar-refractivity contribution in [1.82, 2.24) is 0 Å². The first-order chi connectivity index (χ1) is 24.2. The van der Waals surface area contributed by atoms with Crippen molar-refractivity contribution < 1.29 is 45.1 Å². The fraction of sp³-hybridized carbons (Fsp3) is 0.250. The first kappa shape index (κ1) is 34.8. The molecule has 4 unspecified atom stereocenters. The molecule has 254 valence electrons. The maximum Gasteiger partial charge on any atom is -1.00 e. The molecule has 2 fully saturated rings. The Bertz CT molecular complexity index is 2190. The zero-order valence-corrected chi connectivity index (χ0v) is 33.5. The Labute approximate surface area is 320 Å². The first-order valence-electron chi connectivity index (χ1n) is 18.9.